The molecule has 23 heavy (non-hydrogen) atoms. The fraction of sp³-hybridized carbons (Fsp3) is 0.235. The average Bonchev–Trinajstić information content (AvgIpc) is 3.22. The van der Waals surface area contributed by atoms with Crippen LogP contribution in [-0.2, 0) is 7.05 Å². The van der Waals surface area contributed by atoms with Gasteiger partial charge in [0.2, 0.25) is 0 Å². The summed E-state index contributed by atoms with van der Waals surface area (Å²) in [6, 6.07) is 13.0. The molecule has 0 aliphatic carbocycles. The van der Waals surface area contributed by atoms with E-state index in [-0.39, 0.29) is 17.6 Å². The van der Waals surface area contributed by atoms with E-state index in [1.54, 1.807) is 16.9 Å². The van der Waals surface area contributed by atoms with Gasteiger partial charge < -0.3 is 9.84 Å². The zero-order valence-electron chi connectivity index (χ0n) is 13.1. The van der Waals surface area contributed by atoms with Crippen molar-refractivity contribution in [3.8, 4) is 11.3 Å². The van der Waals surface area contributed by atoms with Crippen LogP contribution in [0.1, 0.15) is 35.6 Å². The van der Waals surface area contributed by atoms with Crippen LogP contribution in [0, 0.1) is 0 Å². The van der Waals surface area contributed by atoms with Crippen molar-refractivity contribution in [3.05, 3.63) is 60.0 Å². The zero-order chi connectivity index (χ0) is 16.2. The molecule has 0 fully saturated rings. The lowest BCUT2D eigenvalue weighted by molar-refractivity contribution is 0.0925. The number of aryl methyl sites for hydroxylation is 1. The maximum Gasteiger partial charge on any atom is 0.274 e. The molecule has 0 saturated carbocycles. The SMILES string of the molecule is CCC(NC(=O)c1cc(-c2ccccc2)on1)c1ccnn1C. The van der Waals surface area contributed by atoms with Crippen LogP contribution < -0.4 is 5.32 Å². The van der Waals surface area contributed by atoms with Crippen molar-refractivity contribution in [2.75, 3.05) is 0 Å². The standard InChI is InChI=1S/C17H18N4O2/c1-3-13(15-9-10-18-21(15)2)19-17(22)14-11-16(23-20-14)12-7-5-4-6-8-12/h4-11,13H,3H2,1-2H3,(H,19,22). The predicted octanol–water partition coefficient (Wildman–Crippen LogP) is 2.96. The van der Waals surface area contributed by atoms with Gasteiger partial charge >= 0.3 is 0 Å². The first-order chi connectivity index (χ1) is 11.2. The Labute approximate surface area is 134 Å². The van der Waals surface area contributed by atoms with E-state index in [2.05, 4.69) is 15.6 Å². The summed E-state index contributed by atoms with van der Waals surface area (Å²) < 4.78 is 7.03. The zero-order valence-corrected chi connectivity index (χ0v) is 13.1. The molecule has 2 aromatic heterocycles. The highest BCUT2D eigenvalue weighted by Crippen LogP contribution is 2.21. The second kappa shape index (κ2) is 6.48. The topological polar surface area (TPSA) is 73.0 Å². The molecule has 2 heterocycles. The van der Waals surface area contributed by atoms with Gasteiger partial charge in [0, 0.05) is 24.9 Å². The van der Waals surface area contributed by atoms with Crippen LogP contribution in [0.2, 0.25) is 0 Å². The summed E-state index contributed by atoms with van der Waals surface area (Å²) in [5, 5.41) is 11.0. The highest BCUT2D eigenvalue weighted by atomic mass is 16.5. The number of nitrogens with zero attached hydrogens (tertiary/aromatic N) is 3. The molecule has 0 saturated heterocycles. The molecule has 0 bridgehead atoms. The summed E-state index contributed by atoms with van der Waals surface area (Å²) in [5.74, 6) is 0.313. The minimum Gasteiger partial charge on any atom is -0.355 e. The number of amides is 1. The Morgan fingerprint density at radius 2 is 2.09 bits per heavy atom. The van der Waals surface area contributed by atoms with Gasteiger partial charge in [0.05, 0.1) is 11.7 Å². The molecule has 1 unspecified atom stereocenters. The van der Waals surface area contributed by atoms with Gasteiger partial charge in [0.15, 0.2) is 11.5 Å². The van der Waals surface area contributed by atoms with E-state index in [1.807, 2.05) is 50.4 Å². The van der Waals surface area contributed by atoms with E-state index in [1.165, 1.54) is 0 Å². The molecular formula is C17H18N4O2. The normalized spacial score (nSPS) is 12.1. The van der Waals surface area contributed by atoms with Crippen molar-refractivity contribution in [2.24, 2.45) is 7.05 Å². The molecule has 3 rings (SSSR count). The fourth-order valence-corrected chi connectivity index (χ4v) is 2.46. The second-order valence-electron chi connectivity index (χ2n) is 5.26. The van der Waals surface area contributed by atoms with Crippen LogP contribution in [0.3, 0.4) is 0 Å². The number of hydrogen-bond donors (Lipinski definition) is 1. The summed E-state index contributed by atoms with van der Waals surface area (Å²) in [6.45, 7) is 2.01. The van der Waals surface area contributed by atoms with E-state index in [0.29, 0.717) is 5.76 Å². The summed E-state index contributed by atoms with van der Waals surface area (Å²) in [4.78, 5) is 12.4. The van der Waals surface area contributed by atoms with Crippen molar-refractivity contribution < 1.29 is 9.32 Å². The third-order valence-corrected chi connectivity index (χ3v) is 3.73. The number of aromatic nitrogens is 3. The number of carbonyl (C=O) groups is 1. The van der Waals surface area contributed by atoms with E-state index in [9.17, 15) is 4.79 Å². The maximum absolute atomic E-state index is 12.4. The smallest absolute Gasteiger partial charge is 0.274 e. The third-order valence-electron chi connectivity index (χ3n) is 3.73. The number of carbonyl (C=O) groups excluding carboxylic acids is 1. The molecule has 0 aliphatic heterocycles. The summed E-state index contributed by atoms with van der Waals surface area (Å²) >= 11 is 0. The van der Waals surface area contributed by atoms with Gasteiger partial charge in [-0.2, -0.15) is 5.10 Å². The summed E-state index contributed by atoms with van der Waals surface area (Å²) in [6.07, 6.45) is 2.47. The lowest BCUT2D eigenvalue weighted by atomic mass is 10.1. The minimum atomic E-state index is -0.260. The Balaban J connectivity index is 1.76. The average molecular weight is 310 g/mol. The molecular weight excluding hydrogens is 292 g/mol. The van der Waals surface area contributed by atoms with E-state index < -0.39 is 0 Å². The molecule has 6 nitrogen and oxygen atoms in total. The van der Waals surface area contributed by atoms with Gasteiger partial charge in [0.1, 0.15) is 0 Å². The summed E-state index contributed by atoms with van der Waals surface area (Å²) in [7, 11) is 1.85. The van der Waals surface area contributed by atoms with Gasteiger partial charge in [-0.15, -0.1) is 0 Å². The molecule has 3 aromatic rings. The quantitative estimate of drug-likeness (QED) is 0.786. The van der Waals surface area contributed by atoms with Gasteiger partial charge in [-0.25, -0.2) is 0 Å². The van der Waals surface area contributed by atoms with Crippen molar-refractivity contribution in [2.45, 2.75) is 19.4 Å². The first-order valence-electron chi connectivity index (χ1n) is 7.50. The van der Waals surface area contributed by atoms with Crippen molar-refractivity contribution >= 4 is 5.91 Å². The van der Waals surface area contributed by atoms with Crippen LogP contribution in [0.25, 0.3) is 11.3 Å². The molecule has 1 amide bonds. The Morgan fingerprint density at radius 3 is 2.74 bits per heavy atom. The number of benzene rings is 1. The first-order valence-corrected chi connectivity index (χ1v) is 7.50. The third kappa shape index (κ3) is 3.15. The van der Waals surface area contributed by atoms with Gasteiger partial charge in [-0.3, -0.25) is 9.48 Å². The first kappa shape index (κ1) is 15.0. The van der Waals surface area contributed by atoms with Crippen molar-refractivity contribution in [3.63, 3.8) is 0 Å². The highest BCUT2D eigenvalue weighted by Gasteiger charge is 2.19. The second-order valence-corrected chi connectivity index (χ2v) is 5.26. The van der Waals surface area contributed by atoms with Crippen LogP contribution in [0.4, 0.5) is 0 Å². The Kier molecular flexibility index (Phi) is 4.23. The predicted molar refractivity (Wildman–Crippen MR) is 85.6 cm³/mol. The van der Waals surface area contributed by atoms with Gasteiger partial charge in [-0.05, 0) is 12.5 Å². The van der Waals surface area contributed by atoms with E-state index in [0.717, 1.165) is 17.7 Å². The minimum absolute atomic E-state index is 0.119. The fourth-order valence-electron chi connectivity index (χ4n) is 2.46. The van der Waals surface area contributed by atoms with E-state index >= 15 is 0 Å². The number of hydrogen-bond acceptors (Lipinski definition) is 4. The molecule has 1 atom stereocenters. The maximum atomic E-state index is 12.4. The molecule has 1 N–H and O–H groups in total. The summed E-state index contributed by atoms with van der Waals surface area (Å²) in [5.41, 5.74) is 2.11. The highest BCUT2D eigenvalue weighted by molar-refractivity contribution is 5.93. The van der Waals surface area contributed by atoms with E-state index in [4.69, 9.17) is 4.52 Å². The van der Waals surface area contributed by atoms with Crippen LogP contribution >= 0.6 is 0 Å². The molecule has 0 spiro atoms. The van der Waals surface area contributed by atoms with Crippen LogP contribution in [0.5, 0.6) is 0 Å². The van der Waals surface area contributed by atoms with Gasteiger partial charge in [0.25, 0.3) is 5.91 Å². The van der Waals surface area contributed by atoms with Crippen molar-refractivity contribution in [1.82, 2.24) is 20.3 Å². The Bertz CT molecular complexity index is 792. The molecule has 6 heteroatoms. The molecule has 1 aromatic carbocycles. The lowest BCUT2D eigenvalue weighted by Crippen LogP contribution is -2.29. The van der Waals surface area contributed by atoms with Crippen LogP contribution in [-0.4, -0.2) is 20.8 Å². The van der Waals surface area contributed by atoms with Crippen molar-refractivity contribution in [1.29, 1.82) is 0 Å². The largest absolute Gasteiger partial charge is 0.355 e. The molecule has 0 aliphatic rings. The number of nitrogens with one attached hydrogen (secondary N) is 1. The molecule has 0 radical (unpaired) electrons. The Morgan fingerprint density at radius 1 is 1.30 bits per heavy atom. The van der Waals surface area contributed by atoms with Crippen LogP contribution in [0.15, 0.2) is 53.2 Å². The number of rotatable bonds is 5. The lowest BCUT2D eigenvalue weighted by Gasteiger charge is -2.16. The Hall–Kier alpha value is -2.89. The monoisotopic (exact) mass is 310 g/mol. The van der Waals surface area contributed by atoms with Gasteiger partial charge in [-0.1, -0.05) is 42.4 Å². The molecule has 118 valence electrons.